The molecule has 3 heteroatoms. The molecule has 0 saturated carbocycles. The molecule has 3 nitrogen and oxygen atoms in total. The van der Waals surface area contributed by atoms with E-state index in [2.05, 4.69) is 42.7 Å². The van der Waals surface area contributed by atoms with Crippen molar-refractivity contribution in [3.63, 3.8) is 0 Å². The van der Waals surface area contributed by atoms with Crippen LogP contribution in [0.15, 0.2) is 12.4 Å². The molecule has 1 heterocycles. The molecule has 92 valence electrons. The second-order valence-corrected chi connectivity index (χ2v) is 4.94. The summed E-state index contributed by atoms with van der Waals surface area (Å²) in [5.74, 6) is 1.91. The van der Waals surface area contributed by atoms with Gasteiger partial charge in [0.05, 0.1) is 0 Å². The lowest BCUT2D eigenvalue weighted by Crippen LogP contribution is -2.33. The average molecular weight is 223 g/mol. The van der Waals surface area contributed by atoms with Gasteiger partial charge in [0.1, 0.15) is 5.82 Å². The molecular formula is C13H25N3. The number of nitrogens with zero attached hydrogens (tertiary/aromatic N) is 2. The Bertz CT molecular complexity index is 291. The van der Waals surface area contributed by atoms with E-state index in [1.54, 1.807) is 0 Å². The smallest absolute Gasteiger partial charge is 0.109 e. The van der Waals surface area contributed by atoms with E-state index in [0.717, 1.165) is 18.9 Å². The Balaban J connectivity index is 2.52. The minimum atomic E-state index is 0.557. The zero-order valence-corrected chi connectivity index (χ0v) is 11.0. The summed E-state index contributed by atoms with van der Waals surface area (Å²) in [4.78, 5) is 4.39. The third-order valence-corrected chi connectivity index (χ3v) is 2.79. The first-order valence-corrected chi connectivity index (χ1v) is 6.33. The van der Waals surface area contributed by atoms with Crippen LogP contribution in [0.2, 0.25) is 0 Å². The molecule has 0 aliphatic rings. The summed E-state index contributed by atoms with van der Waals surface area (Å²) in [5.41, 5.74) is 0. The highest BCUT2D eigenvalue weighted by Crippen LogP contribution is 2.09. The molecule has 0 aliphatic carbocycles. The maximum absolute atomic E-state index is 4.39. The Hall–Kier alpha value is -0.830. The summed E-state index contributed by atoms with van der Waals surface area (Å²) >= 11 is 0. The van der Waals surface area contributed by atoms with E-state index in [9.17, 15) is 0 Å². The quantitative estimate of drug-likeness (QED) is 0.769. The second kappa shape index (κ2) is 6.69. The third kappa shape index (κ3) is 4.35. The van der Waals surface area contributed by atoms with Gasteiger partial charge in [-0.05, 0) is 25.3 Å². The van der Waals surface area contributed by atoms with E-state index in [1.165, 1.54) is 18.7 Å². The van der Waals surface area contributed by atoms with Crippen LogP contribution in [0.1, 0.15) is 39.4 Å². The zero-order valence-electron chi connectivity index (χ0n) is 11.0. The molecule has 1 aromatic heterocycles. The fourth-order valence-corrected chi connectivity index (χ4v) is 1.97. The SMILES string of the molecule is CCCNC(Cc1nccn1C)CC(C)C. The average Bonchev–Trinajstić information content (AvgIpc) is 2.60. The summed E-state index contributed by atoms with van der Waals surface area (Å²) < 4.78 is 2.11. The van der Waals surface area contributed by atoms with Crippen molar-refractivity contribution in [3.8, 4) is 0 Å². The fraction of sp³-hybridized carbons (Fsp3) is 0.769. The Morgan fingerprint density at radius 3 is 2.69 bits per heavy atom. The summed E-state index contributed by atoms with van der Waals surface area (Å²) in [6.07, 6.45) is 7.33. The van der Waals surface area contributed by atoms with Crippen molar-refractivity contribution in [1.82, 2.24) is 14.9 Å². The van der Waals surface area contributed by atoms with Crippen LogP contribution in [0.3, 0.4) is 0 Å². The molecule has 0 radical (unpaired) electrons. The lowest BCUT2D eigenvalue weighted by atomic mass is 10.0. The number of hydrogen-bond acceptors (Lipinski definition) is 2. The monoisotopic (exact) mass is 223 g/mol. The topological polar surface area (TPSA) is 29.9 Å². The lowest BCUT2D eigenvalue weighted by Gasteiger charge is -2.20. The molecule has 1 rings (SSSR count). The van der Waals surface area contributed by atoms with E-state index in [-0.39, 0.29) is 0 Å². The van der Waals surface area contributed by atoms with Crippen molar-refractivity contribution in [1.29, 1.82) is 0 Å². The molecule has 1 aromatic rings. The largest absolute Gasteiger partial charge is 0.338 e. The third-order valence-electron chi connectivity index (χ3n) is 2.79. The lowest BCUT2D eigenvalue weighted by molar-refractivity contribution is 0.408. The molecule has 0 bridgehead atoms. The van der Waals surface area contributed by atoms with E-state index in [1.807, 2.05) is 12.4 Å². The first kappa shape index (κ1) is 13.2. The highest BCUT2D eigenvalue weighted by molar-refractivity contribution is 4.94. The van der Waals surface area contributed by atoms with Crippen LogP contribution >= 0.6 is 0 Å². The minimum Gasteiger partial charge on any atom is -0.338 e. The summed E-state index contributed by atoms with van der Waals surface area (Å²) in [7, 11) is 2.06. The predicted molar refractivity (Wildman–Crippen MR) is 68.4 cm³/mol. The van der Waals surface area contributed by atoms with E-state index >= 15 is 0 Å². The van der Waals surface area contributed by atoms with Crippen molar-refractivity contribution in [2.24, 2.45) is 13.0 Å². The second-order valence-electron chi connectivity index (χ2n) is 4.94. The first-order valence-electron chi connectivity index (χ1n) is 6.33. The maximum atomic E-state index is 4.39. The maximum Gasteiger partial charge on any atom is 0.109 e. The number of imidazole rings is 1. The molecule has 1 unspecified atom stereocenters. The molecule has 16 heavy (non-hydrogen) atoms. The van der Waals surface area contributed by atoms with Crippen molar-refractivity contribution in [3.05, 3.63) is 18.2 Å². The van der Waals surface area contributed by atoms with Gasteiger partial charge >= 0.3 is 0 Å². The van der Waals surface area contributed by atoms with Crippen LogP contribution in [-0.4, -0.2) is 22.1 Å². The van der Waals surface area contributed by atoms with Gasteiger partial charge in [-0.2, -0.15) is 0 Å². The Morgan fingerprint density at radius 1 is 1.44 bits per heavy atom. The van der Waals surface area contributed by atoms with Crippen LogP contribution in [0.5, 0.6) is 0 Å². The van der Waals surface area contributed by atoms with Crippen LogP contribution < -0.4 is 5.32 Å². The number of aryl methyl sites for hydroxylation is 1. The van der Waals surface area contributed by atoms with Crippen molar-refractivity contribution in [2.45, 2.75) is 46.1 Å². The molecule has 1 atom stereocenters. The molecule has 0 aromatic carbocycles. The van der Waals surface area contributed by atoms with E-state index in [4.69, 9.17) is 0 Å². The van der Waals surface area contributed by atoms with E-state index < -0.39 is 0 Å². The van der Waals surface area contributed by atoms with Gasteiger partial charge in [-0.3, -0.25) is 0 Å². The first-order chi connectivity index (χ1) is 7.63. The summed E-state index contributed by atoms with van der Waals surface area (Å²) in [5, 5.41) is 3.61. The molecule has 0 aliphatic heterocycles. The number of rotatable bonds is 7. The highest BCUT2D eigenvalue weighted by atomic mass is 15.0. The molecule has 0 spiro atoms. The van der Waals surface area contributed by atoms with Gasteiger partial charge in [0.15, 0.2) is 0 Å². The molecule has 0 amide bonds. The van der Waals surface area contributed by atoms with Crippen LogP contribution in [-0.2, 0) is 13.5 Å². The normalized spacial score (nSPS) is 13.3. The number of hydrogen-bond donors (Lipinski definition) is 1. The van der Waals surface area contributed by atoms with E-state index in [0.29, 0.717) is 6.04 Å². The number of nitrogens with one attached hydrogen (secondary N) is 1. The van der Waals surface area contributed by atoms with Crippen molar-refractivity contribution >= 4 is 0 Å². The summed E-state index contributed by atoms with van der Waals surface area (Å²) in [6.45, 7) is 7.86. The fourth-order valence-electron chi connectivity index (χ4n) is 1.97. The van der Waals surface area contributed by atoms with Crippen molar-refractivity contribution in [2.75, 3.05) is 6.54 Å². The van der Waals surface area contributed by atoms with Gasteiger partial charge in [0.2, 0.25) is 0 Å². The standard InChI is InChI=1S/C13H25N3/c1-5-6-14-12(9-11(2)3)10-13-15-7-8-16(13)4/h7-8,11-12,14H,5-6,9-10H2,1-4H3. The number of aromatic nitrogens is 2. The molecule has 0 fully saturated rings. The van der Waals surface area contributed by atoms with Crippen molar-refractivity contribution < 1.29 is 0 Å². The Kier molecular flexibility index (Phi) is 5.53. The van der Waals surface area contributed by atoms with Crippen LogP contribution in [0.4, 0.5) is 0 Å². The summed E-state index contributed by atoms with van der Waals surface area (Å²) in [6, 6.07) is 0.557. The van der Waals surface area contributed by atoms with Gasteiger partial charge in [-0.25, -0.2) is 4.98 Å². The van der Waals surface area contributed by atoms with Crippen LogP contribution in [0.25, 0.3) is 0 Å². The van der Waals surface area contributed by atoms with Gasteiger partial charge in [-0.15, -0.1) is 0 Å². The van der Waals surface area contributed by atoms with Gasteiger partial charge < -0.3 is 9.88 Å². The molecule has 0 saturated heterocycles. The highest BCUT2D eigenvalue weighted by Gasteiger charge is 2.13. The zero-order chi connectivity index (χ0) is 12.0. The molecule has 1 N–H and O–H groups in total. The molecular weight excluding hydrogens is 198 g/mol. The Morgan fingerprint density at radius 2 is 2.19 bits per heavy atom. The Labute approximate surface area is 99.3 Å². The predicted octanol–water partition coefficient (Wildman–Crippen LogP) is 2.38. The van der Waals surface area contributed by atoms with Gasteiger partial charge in [0, 0.05) is 31.9 Å². The van der Waals surface area contributed by atoms with Gasteiger partial charge in [0.25, 0.3) is 0 Å². The van der Waals surface area contributed by atoms with Gasteiger partial charge in [-0.1, -0.05) is 20.8 Å². The van der Waals surface area contributed by atoms with Crippen LogP contribution in [0, 0.1) is 5.92 Å². The minimum absolute atomic E-state index is 0.557.